The van der Waals surface area contributed by atoms with Crippen molar-refractivity contribution < 1.29 is 14.0 Å². The molecule has 34 heavy (non-hydrogen) atoms. The number of methoxy groups -OCH3 is 2. The van der Waals surface area contributed by atoms with E-state index in [2.05, 4.69) is 24.9 Å². The molecule has 4 aromatic rings. The Bertz CT molecular complexity index is 1230. The van der Waals surface area contributed by atoms with E-state index in [1.165, 1.54) is 19.3 Å². The summed E-state index contributed by atoms with van der Waals surface area (Å²) in [5.74, 6) is 3.88. The maximum atomic E-state index is 5.52. The highest BCUT2D eigenvalue weighted by Gasteiger charge is 2.25. The van der Waals surface area contributed by atoms with E-state index >= 15 is 0 Å². The van der Waals surface area contributed by atoms with E-state index in [9.17, 15) is 0 Å². The summed E-state index contributed by atoms with van der Waals surface area (Å²) in [7, 11) is 3.28. The lowest BCUT2D eigenvalue weighted by molar-refractivity contribution is 0.338. The van der Waals surface area contributed by atoms with Gasteiger partial charge in [0.05, 0.1) is 20.0 Å². The second-order valence-electron chi connectivity index (χ2n) is 8.20. The summed E-state index contributed by atoms with van der Waals surface area (Å²) in [6, 6.07) is 16.1. The van der Waals surface area contributed by atoms with Crippen molar-refractivity contribution in [3.8, 4) is 34.3 Å². The zero-order valence-corrected chi connectivity index (χ0v) is 20.1. The Hall–Kier alpha value is -3.33. The van der Waals surface area contributed by atoms with Gasteiger partial charge in [-0.15, -0.1) is 10.2 Å². The molecule has 0 amide bonds. The third-order valence-corrected chi connectivity index (χ3v) is 7.00. The highest BCUT2D eigenvalue weighted by Crippen LogP contribution is 2.38. The van der Waals surface area contributed by atoms with Gasteiger partial charge in [-0.25, -0.2) is 0 Å². The van der Waals surface area contributed by atoms with Crippen LogP contribution in [-0.4, -0.2) is 39.1 Å². The largest absolute Gasteiger partial charge is 0.493 e. The standard InChI is InChI=1S/C25H27N5O3S/c1-31-20-14-13-18(15-21(20)32-2)24-27-28-25(30(24)19-11-7-4-8-12-19)34-16-22-26-23(29-33-22)17-9-5-3-6-10-17/h3,5-6,9-10,13-15,19H,4,7-8,11-12,16H2,1-2H3. The molecule has 1 aliphatic rings. The van der Waals surface area contributed by atoms with E-state index in [0.717, 1.165) is 34.9 Å². The van der Waals surface area contributed by atoms with E-state index in [-0.39, 0.29) is 0 Å². The molecule has 8 nitrogen and oxygen atoms in total. The van der Waals surface area contributed by atoms with Crippen LogP contribution in [0.3, 0.4) is 0 Å². The van der Waals surface area contributed by atoms with E-state index in [1.54, 1.807) is 26.0 Å². The van der Waals surface area contributed by atoms with Gasteiger partial charge >= 0.3 is 0 Å². The van der Waals surface area contributed by atoms with Gasteiger partial charge in [-0.1, -0.05) is 66.5 Å². The molecule has 2 aromatic carbocycles. The molecular weight excluding hydrogens is 450 g/mol. The van der Waals surface area contributed by atoms with Crippen LogP contribution >= 0.6 is 11.8 Å². The van der Waals surface area contributed by atoms with Gasteiger partial charge < -0.3 is 14.0 Å². The quantitative estimate of drug-likeness (QED) is 0.294. The predicted molar refractivity (Wildman–Crippen MR) is 130 cm³/mol. The van der Waals surface area contributed by atoms with Gasteiger partial charge in [0.25, 0.3) is 0 Å². The summed E-state index contributed by atoms with van der Waals surface area (Å²) in [4.78, 5) is 4.56. The molecule has 0 atom stereocenters. The molecular formula is C25H27N5O3S. The maximum Gasteiger partial charge on any atom is 0.237 e. The van der Waals surface area contributed by atoms with Gasteiger partial charge in [0.15, 0.2) is 22.5 Å². The monoisotopic (exact) mass is 477 g/mol. The maximum absolute atomic E-state index is 5.52. The van der Waals surface area contributed by atoms with Gasteiger partial charge in [-0.2, -0.15) is 4.98 Å². The molecule has 1 fully saturated rings. The second kappa shape index (κ2) is 10.3. The first-order valence-corrected chi connectivity index (χ1v) is 12.4. The summed E-state index contributed by atoms with van der Waals surface area (Å²) < 4.78 is 18.7. The van der Waals surface area contributed by atoms with Crippen molar-refractivity contribution in [3.63, 3.8) is 0 Å². The van der Waals surface area contributed by atoms with Crippen molar-refractivity contribution >= 4 is 11.8 Å². The number of thioether (sulfide) groups is 1. The fourth-order valence-electron chi connectivity index (χ4n) is 4.36. The van der Waals surface area contributed by atoms with Crippen molar-refractivity contribution in [2.75, 3.05) is 14.2 Å². The molecule has 0 unspecified atom stereocenters. The minimum Gasteiger partial charge on any atom is -0.493 e. The van der Waals surface area contributed by atoms with Gasteiger partial charge in [-0.05, 0) is 31.0 Å². The molecule has 0 saturated heterocycles. The summed E-state index contributed by atoms with van der Waals surface area (Å²) in [5.41, 5.74) is 1.88. The Kier molecular flexibility index (Phi) is 6.80. The van der Waals surface area contributed by atoms with Crippen LogP contribution in [0.4, 0.5) is 0 Å². The molecule has 1 aliphatic carbocycles. The number of nitrogens with zero attached hydrogens (tertiary/aromatic N) is 5. The Labute approximate surface area is 202 Å². The molecule has 0 aliphatic heterocycles. The summed E-state index contributed by atoms with van der Waals surface area (Å²) in [6.45, 7) is 0. The Morgan fingerprint density at radius 2 is 1.74 bits per heavy atom. The number of rotatable bonds is 8. The first-order valence-electron chi connectivity index (χ1n) is 11.4. The third-order valence-electron chi connectivity index (χ3n) is 6.07. The molecule has 1 saturated carbocycles. The van der Waals surface area contributed by atoms with Crippen LogP contribution in [0.1, 0.15) is 44.0 Å². The SMILES string of the molecule is COc1ccc(-c2nnc(SCc3nc(-c4ccccc4)no3)n2C2CCCCC2)cc1OC. The van der Waals surface area contributed by atoms with Crippen molar-refractivity contribution in [2.45, 2.75) is 49.1 Å². The molecule has 9 heteroatoms. The smallest absolute Gasteiger partial charge is 0.237 e. The molecule has 0 radical (unpaired) electrons. The molecule has 176 valence electrons. The highest BCUT2D eigenvalue weighted by atomic mass is 32.2. The number of benzene rings is 2. The van der Waals surface area contributed by atoms with E-state index < -0.39 is 0 Å². The Balaban J connectivity index is 1.42. The number of hydrogen-bond acceptors (Lipinski definition) is 8. The van der Waals surface area contributed by atoms with Crippen LogP contribution in [0.2, 0.25) is 0 Å². The van der Waals surface area contributed by atoms with E-state index in [1.807, 2.05) is 48.5 Å². The first kappa shape index (κ1) is 22.5. The summed E-state index contributed by atoms with van der Waals surface area (Å²) in [6.07, 6.45) is 5.93. The van der Waals surface area contributed by atoms with Crippen LogP contribution in [0.15, 0.2) is 58.2 Å². The zero-order valence-electron chi connectivity index (χ0n) is 19.3. The molecule has 0 N–H and O–H groups in total. The highest BCUT2D eigenvalue weighted by molar-refractivity contribution is 7.98. The number of ether oxygens (including phenoxy) is 2. The molecule has 2 heterocycles. The van der Waals surface area contributed by atoms with Crippen LogP contribution in [0.5, 0.6) is 11.5 Å². The average molecular weight is 478 g/mol. The molecule has 0 spiro atoms. The fraction of sp³-hybridized carbons (Fsp3) is 0.360. The van der Waals surface area contributed by atoms with Crippen molar-refractivity contribution in [3.05, 3.63) is 54.4 Å². The van der Waals surface area contributed by atoms with Gasteiger partial charge in [0, 0.05) is 17.2 Å². The van der Waals surface area contributed by atoms with Gasteiger partial charge in [0.1, 0.15) is 0 Å². The van der Waals surface area contributed by atoms with Crippen LogP contribution in [-0.2, 0) is 5.75 Å². The fourth-order valence-corrected chi connectivity index (χ4v) is 5.20. The molecule has 5 rings (SSSR count). The molecule has 2 aromatic heterocycles. The number of hydrogen-bond donors (Lipinski definition) is 0. The zero-order chi connectivity index (χ0) is 23.3. The number of aromatic nitrogens is 5. The van der Waals surface area contributed by atoms with Crippen molar-refractivity contribution in [1.29, 1.82) is 0 Å². The first-order chi connectivity index (χ1) is 16.8. The van der Waals surface area contributed by atoms with Crippen LogP contribution in [0.25, 0.3) is 22.8 Å². The lowest BCUT2D eigenvalue weighted by Crippen LogP contribution is -2.15. The topological polar surface area (TPSA) is 88.1 Å². The summed E-state index contributed by atoms with van der Waals surface area (Å²) in [5, 5.41) is 14.1. The van der Waals surface area contributed by atoms with Gasteiger partial charge in [-0.3, -0.25) is 4.57 Å². The average Bonchev–Trinajstić information content (AvgIpc) is 3.55. The lowest BCUT2D eigenvalue weighted by Gasteiger charge is -2.25. The van der Waals surface area contributed by atoms with Gasteiger partial charge in [0.2, 0.25) is 11.7 Å². The normalized spacial score (nSPS) is 14.3. The lowest BCUT2D eigenvalue weighted by atomic mass is 9.95. The third kappa shape index (κ3) is 4.65. The Morgan fingerprint density at radius 1 is 0.941 bits per heavy atom. The molecule has 0 bridgehead atoms. The minimum atomic E-state index is 0.358. The van der Waals surface area contributed by atoms with E-state index in [0.29, 0.717) is 35.0 Å². The Morgan fingerprint density at radius 3 is 2.50 bits per heavy atom. The van der Waals surface area contributed by atoms with Crippen molar-refractivity contribution in [1.82, 2.24) is 24.9 Å². The van der Waals surface area contributed by atoms with Crippen LogP contribution in [0, 0.1) is 0 Å². The second-order valence-corrected chi connectivity index (χ2v) is 9.15. The van der Waals surface area contributed by atoms with Crippen molar-refractivity contribution in [2.24, 2.45) is 0 Å². The predicted octanol–water partition coefficient (Wildman–Crippen LogP) is 5.81. The summed E-state index contributed by atoms with van der Waals surface area (Å²) >= 11 is 1.57. The minimum absolute atomic E-state index is 0.358. The van der Waals surface area contributed by atoms with Crippen LogP contribution < -0.4 is 9.47 Å². The van der Waals surface area contributed by atoms with E-state index in [4.69, 9.17) is 14.0 Å².